The van der Waals surface area contributed by atoms with Crippen LogP contribution in [0.5, 0.6) is 0 Å². The third-order valence-electron chi connectivity index (χ3n) is 3.54. The van der Waals surface area contributed by atoms with E-state index < -0.39 is 0 Å². The van der Waals surface area contributed by atoms with Crippen LogP contribution in [0.15, 0.2) is 35.7 Å². The zero-order valence-electron chi connectivity index (χ0n) is 13.4. The molecule has 0 aliphatic rings. The lowest BCUT2D eigenvalue weighted by Crippen LogP contribution is -2.19. The van der Waals surface area contributed by atoms with Crippen molar-refractivity contribution in [1.29, 1.82) is 0 Å². The Bertz CT molecular complexity index is 912. The molecule has 8 heteroatoms. The van der Waals surface area contributed by atoms with Gasteiger partial charge < -0.3 is 10.6 Å². The number of hydrogen-bond donors (Lipinski definition) is 2. The molecule has 6 nitrogen and oxygen atoms in total. The second-order valence-corrected chi connectivity index (χ2v) is 7.15. The van der Waals surface area contributed by atoms with Crippen molar-refractivity contribution in [2.75, 3.05) is 12.4 Å². The Morgan fingerprint density at radius 2 is 1.92 bits per heavy atom. The van der Waals surface area contributed by atoms with Crippen LogP contribution in [0.1, 0.15) is 33.0 Å². The van der Waals surface area contributed by atoms with E-state index in [9.17, 15) is 14.4 Å². The Balaban J connectivity index is 1.73. The number of amides is 2. The number of thiophene rings is 1. The standard InChI is InChI=1S/C17H15N3O3S2/c1-18-14(22)7-6-12(21)10-8-9-24-16(10)20-15(23)17-19-11-4-2-3-5-13(11)25-17/h2-5,8-9H,6-7H2,1H3,(H,18,22)(H,20,23). The zero-order chi connectivity index (χ0) is 17.8. The highest BCUT2D eigenvalue weighted by Gasteiger charge is 2.18. The maximum atomic E-state index is 12.4. The predicted molar refractivity (Wildman–Crippen MR) is 99.5 cm³/mol. The number of Topliss-reactive ketones (excluding diaryl/α,β-unsaturated/α-hetero) is 1. The number of fused-ring (bicyclic) bond motifs is 1. The summed E-state index contributed by atoms with van der Waals surface area (Å²) >= 11 is 2.57. The molecular formula is C17H15N3O3S2. The van der Waals surface area contributed by atoms with Crippen LogP contribution >= 0.6 is 22.7 Å². The van der Waals surface area contributed by atoms with Crippen LogP contribution < -0.4 is 10.6 Å². The molecule has 0 bridgehead atoms. The van der Waals surface area contributed by atoms with E-state index in [-0.39, 0.29) is 30.4 Å². The van der Waals surface area contributed by atoms with Gasteiger partial charge in [-0.2, -0.15) is 0 Å². The summed E-state index contributed by atoms with van der Waals surface area (Å²) in [5.74, 6) is -0.711. The van der Waals surface area contributed by atoms with Gasteiger partial charge in [0.1, 0.15) is 5.00 Å². The molecule has 0 unspecified atom stereocenters. The van der Waals surface area contributed by atoms with Gasteiger partial charge in [-0.05, 0) is 23.6 Å². The van der Waals surface area contributed by atoms with Gasteiger partial charge in [0.2, 0.25) is 5.91 Å². The highest BCUT2D eigenvalue weighted by molar-refractivity contribution is 7.20. The Morgan fingerprint density at radius 3 is 2.68 bits per heavy atom. The summed E-state index contributed by atoms with van der Waals surface area (Å²) in [5, 5.41) is 7.80. The van der Waals surface area contributed by atoms with Crippen molar-refractivity contribution >= 4 is 55.5 Å². The largest absolute Gasteiger partial charge is 0.359 e. The monoisotopic (exact) mass is 373 g/mol. The number of aromatic nitrogens is 1. The molecule has 0 aliphatic carbocycles. The lowest BCUT2D eigenvalue weighted by Gasteiger charge is -2.04. The fourth-order valence-electron chi connectivity index (χ4n) is 2.24. The number of carbonyl (C=O) groups excluding carboxylic acids is 3. The molecule has 0 saturated heterocycles. The first kappa shape index (κ1) is 17.2. The molecule has 25 heavy (non-hydrogen) atoms. The van der Waals surface area contributed by atoms with Crippen molar-refractivity contribution in [3.8, 4) is 0 Å². The number of nitrogens with zero attached hydrogens (tertiary/aromatic N) is 1. The van der Waals surface area contributed by atoms with Gasteiger partial charge in [-0.1, -0.05) is 12.1 Å². The topological polar surface area (TPSA) is 88.2 Å². The van der Waals surface area contributed by atoms with Crippen molar-refractivity contribution in [2.24, 2.45) is 0 Å². The molecule has 0 spiro atoms. The maximum Gasteiger partial charge on any atom is 0.285 e. The molecule has 3 aromatic rings. The fraction of sp³-hybridized carbons (Fsp3) is 0.176. The number of para-hydroxylation sites is 1. The molecule has 0 aliphatic heterocycles. The molecule has 3 rings (SSSR count). The minimum absolute atomic E-state index is 0.0976. The third-order valence-corrected chi connectivity index (χ3v) is 5.40. The van der Waals surface area contributed by atoms with E-state index in [1.54, 1.807) is 11.4 Å². The predicted octanol–water partition coefficient (Wildman–Crippen LogP) is 3.32. The number of benzene rings is 1. The van der Waals surface area contributed by atoms with E-state index in [1.807, 2.05) is 24.3 Å². The Morgan fingerprint density at radius 1 is 1.12 bits per heavy atom. The lowest BCUT2D eigenvalue weighted by atomic mass is 10.1. The van der Waals surface area contributed by atoms with Crippen molar-refractivity contribution in [2.45, 2.75) is 12.8 Å². The van der Waals surface area contributed by atoms with E-state index >= 15 is 0 Å². The van der Waals surface area contributed by atoms with E-state index in [2.05, 4.69) is 15.6 Å². The van der Waals surface area contributed by atoms with Gasteiger partial charge in [-0.3, -0.25) is 14.4 Å². The minimum atomic E-state index is -0.344. The van der Waals surface area contributed by atoms with Crippen LogP contribution in [-0.2, 0) is 4.79 Å². The van der Waals surface area contributed by atoms with Crippen LogP contribution in [0.3, 0.4) is 0 Å². The van der Waals surface area contributed by atoms with Crippen molar-refractivity contribution in [3.63, 3.8) is 0 Å². The van der Waals surface area contributed by atoms with Gasteiger partial charge in [0.05, 0.1) is 15.8 Å². The zero-order valence-corrected chi connectivity index (χ0v) is 15.0. The highest BCUT2D eigenvalue weighted by atomic mass is 32.1. The molecule has 128 valence electrons. The maximum absolute atomic E-state index is 12.4. The summed E-state index contributed by atoms with van der Waals surface area (Å²) in [6.45, 7) is 0. The van der Waals surface area contributed by atoms with Crippen molar-refractivity contribution in [3.05, 3.63) is 46.3 Å². The number of thiazole rings is 1. The van der Waals surface area contributed by atoms with Gasteiger partial charge >= 0.3 is 0 Å². The summed E-state index contributed by atoms with van der Waals surface area (Å²) in [7, 11) is 1.53. The average molecular weight is 373 g/mol. The average Bonchev–Trinajstić information content (AvgIpc) is 3.25. The molecule has 0 radical (unpaired) electrons. The molecular weight excluding hydrogens is 358 g/mol. The molecule has 2 amide bonds. The Kier molecular flexibility index (Phi) is 5.20. The summed E-state index contributed by atoms with van der Waals surface area (Å²) in [4.78, 5) is 40.3. The van der Waals surface area contributed by atoms with Gasteiger partial charge in [0, 0.05) is 19.9 Å². The summed E-state index contributed by atoms with van der Waals surface area (Å²) in [6, 6.07) is 9.17. The van der Waals surface area contributed by atoms with E-state index in [0.29, 0.717) is 15.6 Å². The van der Waals surface area contributed by atoms with Crippen LogP contribution in [0, 0.1) is 0 Å². The molecule has 1 aromatic carbocycles. The van der Waals surface area contributed by atoms with E-state index in [4.69, 9.17) is 0 Å². The summed E-state index contributed by atoms with van der Waals surface area (Å²) in [5.41, 5.74) is 1.19. The third kappa shape index (κ3) is 3.92. The van der Waals surface area contributed by atoms with E-state index in [1.165, 1.54) is 29.7 Å². The van der Waals surface area contributed by atoms with E-state index in [0.717, 1.165) is 10.2 Å². The Labute approximate surface area is 151 Å². The lowest BCUT2D eigenvalue weighted by molar-refractivity contribution is -0.120. The van der Waals surface area contributed by atoms with Gasteiger partial charge in [-0.25, -0.2) is 4.98 Å². The molecule has 0 fully saturated rings. The fourth-order valence-corrected chi connectivity index (χ4v) is 3.90. The number of nitrogens with one attached hydrogen (secondary N) is 2. The highest BCUT2D eigenvalue weighted by Crippen LogP contribution is 2.27. The second-order valence-electron chi connectivity index (χ2n) is 5.20. The first-order chi connectivity index (χ1) is 12.1. The van der Waals surface area contributed by atoms with Crippen molar-refractivity contribution < 1.29 is 14.4 Å². The number of rotatable bonds is 6. The van der Waals surface area contributed by atoms with Crippen LogP contribution in [0.2, 0.25) is 0 Å². The number of ketones is 1. The molecule has 2 N–H and O–H groups in total. The first-order valence-electron chi connectivity index (χ1n) is 7.56. The van der Waals surface area contributed by atoms with Crippen LogP contribution in [-0.4, -0.2) is 29.6 Å². The van der Waals surface area contributed by atoms with Crippen LogP contribution in [0.25, 0.3) is 10.2 Å². The molecule has 2 aromatic heterocycles. The SMILES string of the molecule is CNC(=O)CCC(=O)c1ccsc1NC(=O)c1nc2ccccc2s1. The normalized spacial score (nSPS) is 10.6. The molecule has 0 atom stereocenters. The molecule has 0 saturated carbocycles. The first-order valence-corrected chi connectivity index (χ1v) is 9.26. The summed E-state index contributed by atoms with van der Waals surface area (Å²) in [6.07, 6.45) is 0.219. The Hall–Kier alpha value is -2.58. The second kappa shape index (κ2) is 7.54. The summed E-state index contributed by atoms with van der Waals surface area (Å²) < 4.78 is 0.931. The number of hydrogen-bond acceptors (Lipinski definition) is 6. The quantitative estimate of drug-likeness (QED) is 0.649. The smallest absolute Gasteiger partial charge is 0.285 e. The van der Waals surface area contributed by atoms with Gasteiger partial charge in [-0.15, -0.1) is 22.7 Å². The number of carbonyl (C=O) groups is 3. The number of anilines is 1. The van der Waals surface area contributed by atoms with Crippen molar-refractivity contribution in [1.82, 2.24) is 10.3 Å². The minimum Gasteiger partial charge on any atom is -0.359 e. The van der Waals surface area contributed by atoms with Gasteiger partial charge in [0.25, 0.3) is 5.91 Å². The van der Waals surface area contributed by atoms with Gasteiger partial charge in [0.15, 0.2) is 10.8 Å². The molecule has 2 heterocycles. The van der Waals surface area contributed by atoms with Crippen LogP contribution in [0.4, 0.5) is 5.00 Å².